The van der Waals surface area contributed by atoms with Crippen molar-refractivity contribution in [1.82, 2.24) is 9.55 Å². The summed E-state index contributed by atoms with van der Waals surface area (Å²) in [6.45, 7) is 4.58. The minimum atomic E-state index is -3.30. The molecule has 1 aromatic carbocycles. The summed E-state index contributed by atoms with van der Waals surface area (Å²) >= 11 is 0. The van der Waals surface area contributed by atoms with E-state index in [-0.39, 0.29) is 5.75 Å². The van der Waals surface area contributed by atoms with Gasteiger partial charge in [-0.3, -0.25) is 0 Å². The SMILES string of the molecule is Cc1ncn(CCS(=O)(=O)c2cccc(CN)c2)c1C. The number of sulfone groups is 1. The summed E-state index contributed by atoms with van der Waals surface area (Å²) in [5.74, 6) is 0.0532. The molecule has 0 fully saturated rings. The van der Waals surface area contributed by atoms with Crippen LogP contribution in [-0.2, 0) is 22.9 Å². The van der Waals surface area contributed by atoms with Crippen molar-refractivity contribution in [3.63, 3.8) is 0 Å². The summed E-state index contributed by atoms with van der Waals surface area (Å²) in [5, 5.41) is 0. The lowest BCUT2D eigenvalue weighted by Gasteiger charge is -2.08. The van der Waals surface area contributed by atoms with Crippen LogP contribution in [0.25, 0.3) is 0 Å². The van der Waals surface area contributed by atoms with Crippen molar-refractivity contribution < 1.29 is 8.42 Å². The first-order chi connectivity index (χ1) is 9.44. The average molecular weight is 293 g/mol. The zero-order chi connectivity index (χ0) is 14.8. The summed E-state index contributed by atoms with van der Waals surface area (Å²) in [6.07, 6.45) is 1.68. The predicted molar refractivity (Wildman–Crippen MR) is 78.1 cm³/mol. The number of benzene rings is 1. The maximum Gasteiger partial charge on any atom is 0.180 e. The molecule has 0 spiro atoms. The number of nitrogens with zero attached hydrogens (tertiary/aromatic N) is 2. The van der Waals surface area contributed by atoms with Crippen LogP contribution in [0.3, 0.4) is 0 Å². The van der Waals surface area contributed by atoms with Crippen LogP contribution in [0, 0.1) is 13.8 Å². The van der Waals surface area contributed by atoms with Gasteiger partial charge in [0.05, 0.1) is 22.7 Å². The Hall–Kier alpha value is -1.66. The van der Waals surface area contributed by atoms with Crippen LogP contribution in [0.5, 0.6) is 0 Å². The number of rotatable bonds is 5. The van der Waals surface area contributed by atoms with E-state index in [9.17, 15) is 8.42 Å². The molecule has 0 unspecified atom stereocenters. The van der Waals surface area contributed by atoms with E-state index in [1.165, 1.54) is 0 Å². The molecule has 0 aliphatic carbocycles. The molecule has 108 valence electrons. The third-order valence-electron chi connectivity index (χ3n) is 3.44. The molecule has 20 heavy (non-hydrogen) atoms. The van der Waals surface area contributed by atoms with Gasteiger partial charge >= 0.3 is 0 Å². The van der Waals surface area contributed by atoms with E-state index in [1.54, 1.807) is 24.5 Å². The summed E-state index contributed by atoms with van der Waals surface area (Å²) in [5.41, 5.74) is 8.28. The maximum absolute atomic E-state index is 12.3. The monoisotopic (exact) mass is 293 g/mol. The molecule has 1 heterocycles. The van der Waals surface area contributed by atoms with Gasteiger partial charge in [-0.2, -0.15) is 0 Å². The van der Waals surface area contributed by atoms with Gasteiger partial charge in [0.2, 0.25) is 0 Å². The number of imidazole rings is 1. The van der Waals surface area contributed by atoms with Crippen LogP contribution in [0.15, 0.2) is 35.5 Å². The van der Waals surface area contributed by atoms with E-state index < -0.39 is 9.84 Å². The fraction of sp³-hybridized carbons (Fsp3) is 0.357. The van der Waals surface area contributed by atoms with E-state index in [0.29, 0.717) is 18.0 Å². The Morgan fingerprint density at radius 1 is 1.30 bits per heavy atom. The van der Waals surface area contributed by atoms with Crippen LogP contribution < -0.4 is 5.73 Å². The second-order valence-corrected chi connectivity index (χ2v) is 6.89. The third-order valence-corrected chi connectivity index (χ3v) is 5.13. The summed E-state index contributed by atoms with van der Waals surface area (Å²) in [4.78, 5) is 4.50. The molecule has 0 amide bonds. The van der Waals surface area contributed by atoms with Gasteiger partial charge < -0.3 is 10.3 Å². The minimum Gasteiger partial charge on any atom is -0.334 e. The highest BCUT2D eigenvalue weighted by Gasteiger charge is 2.15. The van der Waals surface area contributed by atoms with Crippen molar-refractivity contribution in [3.8, 4) is 0 Å². The molecule has 1 aromatic heterocycles. The van der Waals surface area contributed by atoms with Crippen LogP contribution in [-0.4, -0.2) is 23.7 Å². The van der Waals surface area contributed by atoms with E-state index in [0.717, 1.165) is 17.0 Å². The quantitative estimate of drug-likeness (QED) is 0.904. The van der Waals surface area contributed by atoms with Crippen molar-refractivity contribution in [1.29, 1.82) is 0 Å². The molecule has 0 radical (unpaired) electrons. The Labute approximate surface area is 119 Å². The standard InChI is InChI=1S/C14H19N3O2S/c1-11-12(2)17(10-16-11)6-7-20(18,19)14-5-3-4-13(8-14)9-15/h3-5,8,10H,6-7,9,15H2,1-2H3. The van der Waals surface area contributed by atoms with E-state index in [2.05, 4.69) is 4.98 Å². The zero-order valence-electron chi connectivity index (χ0n) is 11.7. The van der Waals surface area contributed by atoms with E-state index in [1.807, 2.05) is 24.5 Å². The minimum absolute atomic E-state index is 0.0532. The van der Waals surface area contributed by atoms with Crippen LogP contribution in [0.2, 0.25) is 0 Å². The Morgan fingerprint density at radius 3 is 2.65 bits per heavy atom. The topological polar surface area (TPSA) is 78.0 Å². The van der Waals surface area contributed by atoms with Gasteiger partial charge in [0.15, 0.2) is 9.84 Å². The lowest BCUT2D eigenvalue weighted by atomic mass is 10.2. The smallest absolute Gasteiger partial charge is 0.180 e. The molecule has 0 saturated carbocycles. The highest BCUT2D eigenvalue weighted by Crippen LogP contribution is 2.14. The number of aromatic nitrogens is 2. The van der Waals surface area contributed by atoms with E-state index in [4.69, 9.17) is 5.73 Å². The first-order valence-corrected chi connectivity index (χ1v) is 8.09. The zero-order valence-corrected chi connectivity index (χ0v) is 12.5. The molecule has 0 saturated heterocycles. The van der Waals surface area contributed by atoms with Crippen molar-refractivity contribution in [2.75, 3.05) is 5.75 Å². The van der Waals surface area contributed by atoms with Crippen molar-refractivity contribution >= 4 is 9.84 Å². The number of aryl methyl sites for hydroxylation is 2. The number of nitrogens with two attached hydrogens (primary N) is 1. The van der Waals surface area contributed by atoms with Crippen LogP contribution in [0.1, 0.15) is 17.0 Å². The van der Waals surface area contributed by atoms with Crippen LogP contribution in [0.4, 0.5) is 0 Å². The molecule has 2 N–H and O–H groups in total. The summed E-state index contributed by atoms with van der Waals surface area (Å²) < 4.78 is 26.5. The van der Waals surface area contributed by atoms with Gasteiger partial charge in [-0.25, -0.2) is 13.4 Å². The van der Waals surface area contributed by atoms with Gasteiger partial charge in [0.1, 0.15) is 0 Å². The molecule has 2 rings (SSSR count). The lowest BCUT2D eigenvalue weighted by Crippen LogP contribution is -2.14. The predicted octanol–water partition coefficient (Wildman–Crippen LogP) is 1.43. The Morgan fingerprint density at radius 2 is 2.05 bits per heavy atom. The number of hydrogen-bond donors (Lipinski definition) is 1. The maximum atomic E-state index is 12.3. The first-order valence-electron chi connectivity index (χ1n) is 6.44. The van der Waals surface area contributed by atoms with Gasteiger partial charge in [0.25, 0.3) is 0 Å². The van der Waals surface area contributed by atoms with Gasteiger partial charge in [-0.15, -0.1) is 0 Å². The molecule has 0 atom stereocenters. The van der Waals surface area contributed by atoms with Crippen molar-refractivity contribution in [2.24, 2.45) is 5.73 Å². The third kappa shape index (κ3) is 3.08. The number of hydrogen-bond acceptors (Lipinski definition) is 4. The first kappa shape index (κ1) is 14.7. The van der Waals surface area contributed by atoms with Crippen LogP contribution >= 0.6 is 0 Å². The van der Waals surface area contributed by atoms with Crippen molar-refractivity contribution in [3.05, 3.63) is 47.5 Å². The molecule has 2 aromatic rings. The summed E-state index contributed by atoms with van der Waals surface area (Å²) in [7, 11) is -3.30. The Balaban J connectivity index is 2.17. The molecule has 5 nitrogen and oxygen atoms in total. The molecule has 0 aliphatic heterocycles. The fourth-order valence-electron chi connectivity index (χ4n) is 1.97. The Bertz CT molecular complexity index is 705. The van der Waals surface area contributed by atoms with Gasteiger partial charge in [0, 0.05) is 18.8 Å². The molecule has 6 heteroatoms. The van der Waals surface area contributed by atoms with Gasteiger partial charge in [-0.05, 0) is 31.5 Å². The van der Waals surface area contributed by atoms with Gasteiger partial charge in [-0.1, -0.05) is 12.1 Å². The average Bonchev–Trinajstić information content (AvgIpc) is 2.77. The van der Waals surface area contributed by atoms with E-state index >= 15 is 0 Å². The Kier molecular flexibility index (Phi) is 4.25. The molecule has 0 aliphatic rings. The summed E-state index contributed by atoms with van der Waals surface area (Å²) in [6, 6.07) is 6.80. The second-order valence-electron chi connectivity index (χ2n) is 4.78. The fourth-order valence-corrected chi connectivity index (χ4v) is 3.26. The highest BCUT2D eigenvalue weighted by molar-refractivity contribution is 7.91. The molecular formula is C14H19N3O2S. The van der Waals surface area contributed by atoms with Crippen molar-refractivity contribution in [2.45, 2.75) is 31.8 Å². The lowest BCUT2D eigenvalue weighted by molar-refractivity contribution is 0.587. The normalized spacial score (nSPS) is 11.8. The molecule has 0 bridgehead atoms. The molecular weight excluding hydrogens is 274 g/mol. The largest absolute Gasteiger partial charge is 0.334 e. The highest BCUT2D eigenvalue weighted by atomic mass is 32.2. The second kappa shape index (κ2) is 5.76.